The van der Waals surface area contributed by atoms with E-state index < -0.39 is 0 Å². The lowest BCUT2D eigenvalue weighted by Crippen LogP contribution is -2.24. The van der Waals surface area contributed by atoms with Gasteiger partial charge in [0.1, 0.15) is 6.26 Å². The fourth-order valence-electron chi connectivity index (χ4n) is 1.51. The molecule has 2 nitrogen and oxygen atoms in total. The summed E-state index contributed by atoms with van der Waals surface area (Å²) in [5.41, 5.74) is 1.23. The van der Waals surface area contributed by atoms with Gasteiger partial charge in [-0.15, -0.1) is 0 Å². The van der Waals surface area contributed by atoms with Gasteiger partial charge in [0.25, 0.3) is 0 Å². The number of unbranched alkanes of at least 4 members (excludes halogenated alkanes) is 2. The fourth-order valence-corrected chi connectivity index (χ4v) is 1.51. The van der Waals surface area contributed by atoms with Crippen molar-refractivity contribution in [3.8, 4) is 0 Å². The van der Waals surface area contributed by atoms with E-state index in [1.54, 1.807) is 6.26 Å². The van der Waals surface area contributed by atoms with Crippen LogP contribution >= 0.6 is 0 Å². The van der Waals surface area contributed by atoms with Crippen LogP contribution in [0.1, 0.15) is 39.5 Å². The first-order valence-electron chi connectivity index (χ1n) is 5.65. The van der Waals surface area contributed by atoms with Crippen LogP contribution in [-0.2, 0) is 0 Å². The second-order valence-electron chi connectivity index (χ2n) is 3.68. The SMILES string of the molecule is CCCCN(CCCC)c1ccoc1. The molecule has 1 aromatic rings. The van der Waals surface area contributed by atoms with Crippen molar-refractivity contribution >= 4 is 5.69 Å². The van der Waals surface area contributed by atoms with Gasteiger partial charge in [0.05, 0.1) is 12.0 Å². The molecule has 0 atom stereocenters. The van der Waals surface area contributed by atoms with E-state index in [4.69, 9.17) is 4.42 Å². The average Bonchev–Trinajstić information content (AvgIpc) is 2.71. The van der Waals surface area contributed by atoms with Gasteiger partial charge in [-0.1, -0.05) is 26.7 Å². The maximum atomic E-state index is 5.11. The Hall–Kier alpha value is -0.920. The monoisotopic (exact) mass is 195 g/mol. The highest BCUT2D eigenvalue weighted by molar-refractivity contribution is 5.42. The van der Waals surface area contributed by atoms with Crippen molar-refractivity contribution in [2.45, 2.75) is 39.5 Å². The Morgan fingerprint density at radius 1 is 1.14 bits per heavy atom. The maximum Gasteiger partial charge on any atom is 0.114 e. The standard InChI is InChI=1S/C12H21NO/c1-3-5-8-13(9-6-4-2)12-7-10-14-11-12/h7,10-11H,3-6,8-9H2,1-2H3. The molecule has 2 heteroatoms. The zero-order valence-electron chi connectivity index (χ0n) is 9.33. The zero-order chi connectivity index (χ0) is 10.2. The molecular weight excluding hydrogens is 174 g/mol. The topological polar surface area (TPSA) is 16.4 Å². The van der Waals surface area contributed by atoms with Crippen LogP contribution in [0, 0.1) is 0 Å². The Morgan fingerprint density at radius 3 is 2.21 bits per heavy atom. The molecule has 1 rings (SSSR count). The molecule has 0 aliphatic heterocycles. The van der Waals surface area contributed by atoms with E-state index >= 15 is 0 Å². The predicted octanol–water partition coefficient (Wildman–Crippen LogP) is 3.69. The molecule has 0 N–H and O–H groups in total. The van der Waals surface area contributed by atoms with Crippen molar-refractivity contribution in [1.82, 2.24) is 0 Å². The molecular formula is C12H21NO. The van der Waals surface area contributed by atoms with Gasteiger partial charge in [0.2, 0.25) is 0 Å². The number of anilines is 1. The summed E-state index contributed by atoms with van der Waals surface area (Å²) in [7, 11) is 0. The van der Waals surface area contributed by atoms with E-state index in [-0.39, 0.29) is 0 Å². The highest BCUT2D eigenvalue weighted by Gasteiger charge is 2.05. The predicted molar refractivity (Wildman–Crippen MR) is 60.7 cm³/mol. The lowest BCUT2D eigenvalue weighted by atomic mass is 10.2. The molecule has 0 bridgehead atoms. The second-order valence-corrected chi connectivity index (χ2v) is 3.68. The van der Waals surface area contributed by atoms with Crippen LogP contribution in [0.15, 0.2) is 23.0 Å². The summed E-state index contributed by atoms with van der Waals surface area (Å²) in [6.45, 7) is 6.76. The smallest absolute Gasteiger partial charge is 0.114 e. The molecule has 0 aromatic carbocycles. The minimum atomic E-state index is 1.15. The summed E-state index contributed by atoms with van der Waals surface area (Å²) in [6.07, 6.45) is 8.61. The van der Waals surface area contributed by atoms with Gasteiger partial charge in [-0.2, -0.15) is 0 Å². The maximum absolute atomic E-state index is 5.11. The third-order valence-electron chi connectivity index (χ3n) is 2.43. The Labute approximate surface area is 86.9 Å². The third kappa shape index (κ3) is 3.44. The van der Waals surface area contributed by atoms with Gasteiger partial charge >= 0.3 is 0 Å². The van der Waals surface area contributed by atoms with Crippen molar-refractivity contribution < 1.29 is 4.42 Å². The molecule has 0 aliphatic rings. The van der Waals surface area contributed by atoms with Gasteiger partial charge in [0.15, 0.2) is 0 Å². The highest BCUT2D eigenvalue weighted by Crippen LogP contribution is 2.15. The quantitative estimate of drug-likeness (QED) is 0.659. The Morgan fingerprint density at radius 2 is 1.79 bits per heavy atom. The Kier molecular flexibility index (Phi) is 5.20. The number of nitrogens with zero attached hydrogens (tertiary/aromatic N) is 1. The number of hydrogen-bond acceptors (Lipinski definition) is 2. The summed E-state index contributed by atoms with van der Waals surface area (Å²) < 4.78 is 5.11. The first-order chi connectivity index (χ1) is 6.88. The van der Waals surface area contributed by atoms with E-state index in [0.717, 1.165) is 13.1 Å². The van der Waals surface area contributed by atoms with Crippen molar-refractivity contribution in [3.05, 3.63) is 18.6 Å². The second kappa shape index (κ2) is 6.52. The van der Waals surface area contributed by atoms with Gasteiger partial charge in [-0.3, -0.25) is 0 Å². The van der Waals surface area contributed by atoms with Gasteiger partial charge in [-0.05, 0) is 18.9 Å². The van der Waals surface area contributed by atoms with E-state index in [9.17, 15) is 0 Å². The van der Waals surface area contributed by atoms with Crippen LogP contribution in [-0.4, -0.2) is 13.1 Å². The largest absolute Gasteiger partial charge is 0.470 e. The van der Waals surface area contributed by atoms with E-state index in [1.165, 1.54) is 31.4 Å². The Bertz CT molecular complexity index is 210. The van der Waals surface area contributed by atoms with Gasteiger partial charge in [-0.25, -0.2) is 0 Å². The molecule has 0 fully saturated rings. The minimum Gasteiger partial charge on any atom is -0.470 e. The molecule has 0 aliphatic carbocycles. The summed E-state index contributed by atoms with van der Waals surface area (Å²) in [4.78, 5) is 2.41. The lowest BCUT2D eigenvalue weighted by molar-refractivity contribution is 0.564. The van der Waals surface area contributed by atoms with Crippen LogP contribution in [0.3, 0.4) is 0 Å². The summed E-state index contributed by atoms with van der Waals surface area (Å²) in [6, 6.07) is 2.05. The van der Waals surface area contributed by atoms with Crippen molar-refractivity contribution in [3.63, 3.8) is 0 Å². The first kappa shape index (κ1) is 11.2. The molecule has 0 saturated heterocycles. The fraction of sp³-hybridized carbons (Fsp3) is 0.667. The summed E-state index contributed by atoms with van der Waals surface area (Å²) >= 11 is 0. The number of hydrogen-bond donors (Lipinski definition) is 0. The first-order valence-corrected chi connectivity index (χ1v) is 5.65. The molecule has 0 radical (unpaired) electrons. The average molecular weight is 195 g/mol. The van der Waals surface area contributed by atoms with E-state index in [1.807, 2.05) is 12.3 Å². The zero-order valence-corrected chi connectivity index (χ0v) is 9.33. The van der Waals surface area contributed by atoms with Gasteiger partial charge in [0, 0.05) is 13.1 Å². The van der Waals surface area contributed by atoms with E-state index in [0.29, 0.717) is 0 Å². The van der Waals surface area contributed by atoms with Crippen molar-refractivity contribution in [2.24, 2.45) is 0 Å². The van der Waals surface area contributed by atoms with Crippen LogP contribution in [0.5, 0.6) is 0 Å². The molecule has 0 unspecified atom stereocenters. The van der Waals surface area contributed by atoms with Crippen LogP contribution in [0.2, 0.25) is 0 Å². The molecule has 1 aromatic heterocycles. The molecule has 0 amide bonds. The van der Waals surface area contributed by atoms with E-state index in [2.05, 4.69) is 18.7 Å². The molecule has 0 saturated carbocycles. The number of furan rings is 1. The highest BCUT2D eigenvalue weighted by atomic mass is 16.3. The van der Waals surface area contributed by atoms with Crippen molar-refractivity contribution in [1.29, 1.82) is 0 Å². The van der Waals surface area contributed by atoms with Gasteiger partial charge < -0.3 is 9.32 Å². The molecule has 0 spiro atoms. The van der Waals surface area contributed by atoms with Crippen LogP contribution < -0.4 is 4.90 Å². The third-order valence-corrected chi connectivity index (χ3v) is 2.43. The van der Waals surface area contributed by atoms with Crippen molar-refractivity contribution in [2.75, 3.05) is 18.0 Å². The Balaban J connectivity index is 2.44. The van der Waals surface area contributed by atoms with Crippen LogP contribution in [0.4, 0.5) is 5.69 Å². The normalized spacial score (nSPS) is 10.4. The summed E-state index contributed by atoms with van der Waals surface area (Å²) in [5, 5.41) is 0. The van der Waals surface area contributed by atoms with Crippen LogP contribution in [0.25, 0.3) is 0 Å². The number of rotatable bonds is 7. The molecule has 1 heterocycles. The molecule has 14 heavy (non-hydrogen) atoms. The molecule has 80 valence electrons. The lowest BCUT2D eigenvalue weighted by Gasteiger charge is -2.22. The summed E-state index contributed by atoms with van der Waals surface area (Å²) in [5.74, 6) is 0. The minimum absolute atomic E-state index is 1.15.